The van der Waals surface area contributed by atoms with E-state index in [1.165, 1.54) is 12.1 Å². The zero-order chi connectivity index (χ0) is 9.84. The first-order chi connectivity index (χ1) is 6.11. The Hall–Kier alpha value is -0.480. The van der Waals surface area contributed by atoms with Crippen molar-refractivity contribution in [2.75, 3.05) is 6.54 Å². The fourth-order valence-electron chi connectivity index (χ4n) is 1.07. The van der Waals surface area contributed by atoms with Gasteiger partial charge in [0.2, 0.25) is 0 Å². The summed E-state index contributed by atoms with van der Waals surface area (Å²) in [4.78, 5) is 0. The molecule has 72 valence electrons. The molecule has 0 aliphatic carbocycles. The van der Waals surface area contributed by atoms with Gasteiger partial charge in [-0.05, 0) is 23.8 Å². The number of benzene rings is 1. The zero-order valence-corrected chi connectivity index (χ0v) is 8.52. The van der Waals surface area contributed by atoms with Crippen molar-refractivity contribution in [3.8, 4) is 0 Å². The molecule has 0 amide bonds. The van der Waals surface area contributed by atoms with E-state index in [2.05, 4.69) is 15.9 Å². The molecule has 1 rings (SSSR count). The van der Waals surface area contributed by atoms with Crippen molar-refractivity contribution in [1.82, 2.24) is 0 Å². The van der Waals surface area contributed by atoms with Crippen LogP contribution in [0.2, 0.25) is 0 Å². The maximum atomic E-state index is 12.8. The molecule has 1 nitrogen and oxygen atoms in total. The van der Waals surface area contributed by atoms with Crippen molar-refractivity contribution in [3.05, 3.63) is 34.1 Å². The van der Waals surface area contributed by atoms with Gasteiger partial charge in [-0.3, -0.25) is 0 Å². The minimum atomic E-state index is -1.10. The molecule has 0 radical (unpaired) electrons. The van der Waals surface area contributed by atoms with E-state index in [9.17, 15) is 8.78 Å². The van der Waals surface area contributed by atoms with Crippen LogP contribution in [-0.4, -0.2) is 12.7 Å². The molecule has 13 heavy (non-hydrogen) atoms. The Balaban J connectivity index is 2.77. The number of hydrogen-bond donors (Lipinski definition) is 1. The first-order valence-corrected chi connectivity index (χ1v) is 4.70. The van der Waals surface area contributed by atoms with Gasteiger partial charge in [-0.2, -0.15) is 0 Å². The van der Waals surface area contributed by atoms with E-state index >= 15 is 0 Å². The van der Waals surface area contributed by atoms with Crippen LogP contribution in [0.15, 0.2) is 22.7 Å². The van der Waals surface area contributed by atoms with Crippen molar-refractivity contribution in [3.63, 3.8) is 0 Å². The van der Waals surface area contributed by atoms with Gasteiger partial charge in [-0.1, -0.05) is 15.9 Å². The van der Waals surface area contributed by atoms with Crippen LogP contribution >= 0.6 is 15.9 Å². The van der Waals surface area contributed by atoms with Gasteiger partial charge < -0.3 is 5.73 Å². The molecule has 0 saturated heterocycles. The van der Waals surface area contributed by atoms with Crippen LogP contribution in [0.25, 0.3) is 0 Å². The summed E-state index contributed by atoms with van der Waals surface area (Å²) >= 11 is 3.13. The lowest BCUT2D eigenvalue weighted by atomic mass is 10.1. The van der Waals surface area contributed by atoms with Crippen LogP contribution in [0.3, 0.4) is 0 Å². The maximum absolute atomic E-state index is 12.8. The molecule has 0 saturated carbocycles. The third-order valence-electron chi connectivity index (χ3n) is 1.64. The van der Waals surface area contributed by atoms with E-state index in [-0.39, 0.29) is 18.8 Å². The third kappa shape index (κ3) is 3.40. The molecule has 0 aliphatic rings. The molecule has 0 bridgehead atoms. The molecule has 4 heteroatoms. The molecule has 0 aromatic heterocycles. The number of rotatable bonds is 3. The molecular weight excluding hydrogens is 240 g/mol. The summed E-state index contributed by atoms with van der Waals surface area (Å²) in [6, 6.07) is 4.33. The van der Waals surface area contributed by atoms with E-state index in [0.29, 0.717) is 10.0 Å². The first-order valence-electron chi connectivity index (χ1n) is 3.91. The average Bonchev–Trinajstić information content (AvgIpc) is 2.02. The summed E-state index contributed by atoms with van der Waals surface area (Å²) < 4.78 is 26.2. The second-order valence-corrected chi connectivity index (χ2v) is 3.73. The number of alkyl halides is 1. The number of halogens is 3. The Morgan fingerprint density at radius 1 is 1.38 bits per heavy atom. The minimum absolute atomic E-state index is 0.0336. The molecule has 0 fully saturated rings. The largest absolute Gasteiger partial charge is 0.328 e. The summed E-state index contributed by atoms with van der Waals surface area (Å²) in [5.74, 6) is -0.367. The normalized spacial score (nSPS) is 12.9. The topological polar surface area (TPSA) is 26.0 Å². The van der Waals surface area contributed by atoms with Gasteiger partial charge in [0.1, 0.15) is 12.0 Å². The molecule has 1 unspecified atom stereocenters. The van der Waals surface area contributed by atoms with Gasteiger partial charge in [0, 0.05) is 17.4 Å². The Morgan fingerprint density at radius 2 is 2.08 bits per heavy atom. The lowest BCUT2D eigenvalue weighted by Crippen LogP contribution is -2.17. The van der Waals surface area contributed by atoms with E-state index in [0.717, 1.165) is 0 Å². The lowest BCUT2D eigenvalue weighted by molar-refractivity contribution is 0.340. The molecule has 1 atom stereocenters. The van der Waals surface area contributed by atoms with Gasteiger partial charge >= 0.3 is 0 Å². The highest BCUT2D eigenvalue weighted by Gasteiger charge is 2.06. The van der Waals surface area contributed by atoms with Crippen molar-refractivity contribution in [2.24, 2.45) is 5.73 Å². The molecule has 0 spiro atoms. The second-order valence-electron chi connectivity index (χ2n) is 2.81. The number of nitrogens with two attached hydrogens (primary N) is 1. The number of hydrogen-bond acceptors (Lipinski definition) is 1. The summed E-state index contributed by atoms with van der Waals surface area (Å²) in [6.45, 7) is -0.0336. The quantitative estimate of drug-likeness (QED) is 0.875. The predicted octanol–water partition coefficient (Wildman–Crippen LogP) is 2.43. The van der Waals surface area contributed by atoms with Crippen LogP contribution < -0.4 is 5.73 Å². The molecule has 1 aromatic carbocycles. The Morgan fingerprint density at radius 3 is 2.62 bits per heavy atom. The maximum Gasteiger partial charge on any atom is 0.124 e. The van der Waals surface area contributed by atoms with E-state index in [1.807, 2.05) is 0 Å². The van der Waals surface area contributed by atoms with Gasteiger partial charge in [0.05, 0.1) is 0 Å². The Kier molecular flexibility index (Phi) is 3.81. The van der Waals surface area contributed by atoms with E-state index in [1.54, 1.807) is 6.07 Å². The van der Waals surface area contributed by atoms with E-state index < -0.39 is 6.17 Å². The van der Waals surface area contributed by atoms with Gasteiger partial charge in [0.15, 0.2) is 0 Å². The minimum Gasteiger partial charge on any atom is -0.328 e. The van der Waals surface area contributed by atoms with Gasteiger partial charge in [-0.25, -0.2) is 8.78 Å². The summed E-state index contributed by atoms with van der Waals surface area (Å²) in [7, 11) is 0. The molecule has 0 heterocycles. The highest BCUT2D eigenvalue weighted by atomic mass is 79.9. The summed E-state index contributed by atoms with van der Waals surface area (Å²) in [5.41, 5.74) is 5.73. The summed E-state index contributed by atoms with van der Waals surface area (Å²) in [6.07, 6.45) is -0.943. The van der Waals surface area contributed by atoms with Crippen LogP contribution in [-0.2, 0) is 6.42 Å². The van der Waals surface area contributed by atoms with Crippen LogP contribution in [0.1, 0.15) is 5.56 Å². The van der Waals surface area contributed by atoms with Gasteiger partial charge in [0.25, 0.3) is 0 Å². The van der Waals surface area contributed by atoms with Crippen molar-refractivity contribution >= 4 is 15.9 Å². The fraction of sp³-hybridized carbons (Fsp3) is 0.333. The van der Waals surface area contributed by atoms with Crippen LogP contribution in [0.4, 0.5) is 8.78 Å². The summed E-state index contributed by atoms with van der Waals surface area (Å²) in [5, 5.41) is 0. The highest BCUT2D eigenvalue weighted by molar-refractivity contribution is 9.10. The predicted molar refractivity (Wildman–Crippen MR) is 51.8 cm³/mol. The second kappa shape index (κ2) is 4.67. The third-order valence-corrected chi connectivity index (χ3v) is 2.09. The molecule has 0 aliphatic heterocycles. The van der Waals surface area contributed by atoms with Crippen molar-refractivity contribution in [1.29, 1.82) is 0 Å². The standard InChI is InChI=1S/C9H10BrF2N/c10-7-1-6(2-8(11)4-7)3-9(12)5-13/h1-2,4,9H,3,5,13H2. The Bertz CT molecular complexity index is 271. The smallest absolute Gasteiger partial charge is 0.124 e. The fourth-order valence-corrected chi connectivity index (χ4v) is 1.58. The first kappa shape index (κ1) is 10.6. The SMILES string of the molecule is NCC(F)Cc1cc(F)cc(Br)c1. The zero-order valence-electron chi connectivity index (χ0n) is 6.93. The molecule has 1 aromatic rings. The van der Waals surface area contributed by atoms with Gasteiger partial charge in [-0.15, -0.1) is 0 Å². The lowest BCUT2D eigenvalue weighted by Gasteiger charge is -2.05. The van der Waals surface area contributed by atoms with Crippen LogP contribution in [0, 0.1) is 5.82 Å². The van der Waals surface area contributed by atoms with Crippen molar-refractivity contribution < 1.29 is 8.78 Å². The highest BCUT2D eigenvalue weighted by Crippen LogP contribution is 2.16. The molecular formula is C9H10BrF2N. The van der Waals surface area contributed by atoms with Crippen LogP contribution in [0.5, 0.6) is 0 Å². The monoisotopic (exact) mass is 249 g/mol. The molecule has 2 N–H and O–H groups in total. The Labute approximate surface area is 84.1 Å². The van der Waals surface area contributed by atoms with Crippen molar-refractivity contribution in [2.45, 2.75) is 12.6 Å². The average molecular weight is 250 g/mol. The van der Waals surface area contributed by atoms with E-state index in [4.69, 9.17) is 5.73 Å².